The smallest absolute Gasteiger partial charge is 0.126 e. The van der Waals surface area contributed by atoms with Gasteiger partial charge < -0.3 is 5.73 Å². The number of nitrogen functional groups attached to an aromatic ring is 1. The Bertz CT molecular complexity index is 484. The summed E-state index contributed by atoms with van der Waals surface area (Å²) in [7, 11) is 3.56. The van der Waals surface area contributed by atoms with Crippen molar-refractivity contribution in [3.05, 3.63) is 23.7 Å². The van der Waals surface area contributed by atoms with Crippen molar-refractivity contribution in [2.45, 2.75) is 6.04 Å². The van der Waals surface area contributed by atoms with Crippen LogP contribution in [0, 0.1) is 0 Å². The number of nitrogens with two attached hydrogens (primary N) is 2. The molecule has 0 saturated heterocycles. The maximum absolute atomic E-state index is 5.89. The zero-order chi connectivity index (χ0) is 11.7. The number of rotatable bonds is 3. The molecule has 0 radical (unpaired) electrons. The van der Waals surface area contributed by atoms with E-state index in [4.69, 9.17) is 11.6 Å². The van der Waals surface area contributed by atoms with E-state index >= 15 is 0 Å². The predicted octanol–water partition coefficient (Wildman–Crippen LogP) is -1.32. The number of anilines is 1. The van der Waals surface area contributed by atoms with Crippen molar-refractivity contribution in [2.75, 3.05) is 5.73 Å². The number of aromatic nitrogens is 5. The van der Waals surface area contributed by atoms with Gasteiger partial charge in [-0.3, -0.25) is 15.2 Å². The summed E-state index contributed by atoms with van der Waals surface area (Å²) < 4.78 is 3.22. The largest absolute Gasteiger partial charge is 0.384 e. The molecule has 2 heterocycles. The van der Waals surface area contributed by atoms with Gasteiger partial charge in [0, 0.05) is 19.7 Å². The fourth-order valence-corrected chi connectivity index (χ4v) is 1.58. The van der Waals surface area contributed by atoms with Crippen molar-refractivity contribution in [1.29, 1.82) is 0 Å². The zero-order valence-electron chi connectivity index (χ0n) is 9.12. The first kappa shape index (κ1) is 10.6. The molecule has 0 amide bonds. The van der Waals surface area contributed by atoms with Crippen LogP contribution in [0.25, 0.3) is 0 Å². The second-order valence-corrected chi connectivity index (χ2v) is 3.49. The van der Waals surface area contributed by atoms with Gasteiger partial charge in [0.05, 0.1) is 24.1 Å². The maximum atomic E-state index is 5.89. The predicted molar refractivity (Wildman–Crippen MR) is 57.8 cm³/mol. The quantitative estimate of drug-likeness (QED) is 0.438. The Balaban J connectivity index is 2.45. The Morgan fingerprint density at radius 3 is 2.50 bits per heavy atom. The van der Waals surface area contributed by atoms with E-state index in [0.29, 0.717) is 5.82 Å². The van der Waals surface area contributed by atoms with Crippen LogP contribution >= 0.6 is 0 Å². The molecule has 1 atom stereocenters. The van der Waals surface area contributed by atoms with Gasteiger partial charge in [-0.05, 0) is 0 Å². The summed E-state index contributed by atoms with van der Waals surface area (Å²) in [4.78, 5) is 0. The minimum Gasteiger partial charge on any atom is -0.384 e. The van der Waals surface area contributed by atoms with Crippen molar-refractivity contribution >= 4 is 5.82 Å². The maximum Gasteiger partial charge on any atom is 0.126 e. The molecule has 2 rings (SSSR count). The molecule has 1 unspecified atom stereocenters. The van der Waals surface area contributed by atoms with Gasteiger partial charge in [0.25, 0.3) is 0 Å². The molecule has 0 fully saturated rings. The summed E-state index contributed by atoms with van der Waals surface area (Å²) >= 11 is 0. The van der Waals surface area contributed by atoms with Crippen molar-refractivity contribution in [3.8, 4) is 0 Å². The van der Waals surface area contributed by atoms with Crippen molar-refractivity contribution in [3.63, 3.8) is 0 Å². The van der Waals surface area contributed by atoms with E-state index in [-0.39, 0.29) is 6.04 Å². The van der Waals surface area contributed by atoms with Crippen molar-refractivity contribution < 1.29 is 0 Å². The first-order valence-electron chi connectivity index (χ1n) is 4.73. The van der Waals surface area contributed by atoms with Gasteiger partial charge in [0.2, 0.25) is 0 Å². The van der Waals surface area contributed by atoms with Crippen molar-refractivity contribution in [1.82, 2.24) is 30.2 Å². The Labute approximate surface area is 92.2 Å². The number of aryl methyl sites for hydroxylation is 2. The standard InChI is InChI=1S/C8H14N8/c1-15-6(4-11-14-15)7(13-10)5-3-12-16(2)8(5)9/h3-4,7,13H,9-10H2,1-2H3. The lowest BCUT2D eigenvalue weighted by Gasteiger charge is -2.14. The molecular formula is C8H14N8. The van der Waals surface area contributed by atoms with Crippen LogP contribution in [-0.2, 0) is 14.1 Å². The first-order chi connectivity index (χ1) is 7.65. The van der Waals surface area contributed by atoms with Gasteiger partial charge in [-0.15, -0.1) is 5.10 Å². The lowest BCUT2D eigenvalue weighted by Crippen LogP contribution is -2.30. The Morgan fingerprint density at radius 2 is 2.06 bits per heavy atom. The average molecular weight is 222 g/mol. The number of nitrogens with one attached hydrogen (secondary N) is 1. The highest BCUT2D eigenvalue weighted by molar-refractivity contribution is 5.43. The molecule has 0 aliphatic heterocycles. The average Bonchev–Trinajstić information content (AvgIpc) is 2.81. The fraction of sp³-hybridized carbons (Fsp3) is 0.375. The fourth-order valence-electron chi connectivity index (χ4n) is 1.58. The molecule has 0 spiro atoms. The number of hydrogen-bond acceptors (Lipinski definition) is 6. The summed E-state index contributed by atoms with van der Waals surface area (Å²) in [6.45, 7) is 0. The number of hydrazine groups is 1. The molecule has 0 aliphatic rings. The summed E-state index contributed by atoms with van der Waals surface area (Å²) in [6.07, 6.45) is 3.31. The Kier molecular flexibility index (Phi) is 2.59. The molecule has 8 heteroatoms. The summed E-state index contributed by atoms with van der Waals surface area (Å²) in [6, 6.07) is -0.270. The monoisotopic (exact) mass is 222 g/mol. The molecular weight excluding hydrogens is 208 g/mol. The van der Waals surface area contributed by atoms with Crippen LogP contribution < -0.4 is 17.0 Å². The van der Waals surface area contributed by atoms with Gasteiger partial charge in [-0.1, -0.05) is 5.21 Å². The van der Waals surface area contributed by atoms with Crippen molar-refractivity contribution in [2.24, 2.45) is 19.9 Å². The molecule has 86 valence electrons. The molecule has 0 aromatic carbocycles. The highest BCUT2D eigenvalue weighted by Crippen LogP contribution is 2.24. The highest BCUT2D eigenvalue weighted by Gasteiger charge is 2.21. The van der Waals surface area contributed by atoms with E-state index in [1.807, 2.05) is 0 Å². The van der Waals surface area contributed by atoms with Gasteiger partial charge >= 0.3 is 0 Å². The van der Waals surface area contributed by atoms with Crippen LogP contribution in [0.4, 0.5) is 5.82 Å². The van der Waals surface area contributed by atoms with Crippen LogP contribution in [-0.4, -0.2) is 24.8 Å². The van der Waals surface area contributed by atoms with Crippen LogP contribution in [0.1, 0.15) is 17.3 Å². The molecule has 5 N–H and O–H groups in total. The Morgan fingerprint density at radius 1 is 1.31 bits per heavy atom. The molecule has 0 bridgehead atoms. The third-order valence-corrected chi connectivity index (χ3v) is 2.54. The molecule has 0 saturated carbocycles. The second kappa shape index (κ2) is 3.91. The van der Waals surface area contributed by atoms with Gasteiger partial charge in [0.1, 0.15) is 5.82 Å². The van der Waals surface area contributed by atoms with E-state index < -0.39 is 0 Å². The second-order valence-electron chi connectivity index (χ2n) is 3.49. The third kappa shape index (κ3) is 1.53. The topological polar surface area (TPSA) is 113 Å². The lowest BCUT2D eigenvalue weighted by atomic mass is 10.1. The van der Waals surface area contributed by atoms with Crippen LogP contribution in [0.3, 0.4) is 0 Å². The van der Waals surface area contributed by atoms with Crippen LogP contribution in [0.15, 0.2) is 12.4 Å². The van der Waals surface area contributed by atoms with E-state index in [1.165, 1.54) is 0 Å². The minimum atomic E-state index is -0.270. The van der Waals surface area contributed by atoms with E-state index in [9.17, 15) is 0 Å². The highest BCUT2D eigenvalue weighted by atomic mass is 15.4. The molecule has 2 aromatic heterocycles. The van der Waals surface area contributed by atoms with E-state index in [1.54, 1.807) is 35.9 Å². The third-order valence-electron chi connectivity index (χ3n) is 2.54. The summed E-state index contributed by atoms with van der Waals surface area (Å²) in [5.74, 6) is 6.09. The lowest BCUT2D eigenvalue weighted by molar-refractivity contribution is 0.571. The van der Waals surface area contributed by atoms with Gasteiger partial charge in [-0.2, -0.15) is 5.10 Å². The Hall–Kier alpha value is -1.93. The molecule has 8 nitrogen and oxygen atoms in total. The van der Waals surface area contributed by atoms with Crippen LogP contribution in [0.2, 0.25) is 0 Å². The summed E-state index contributed by atoms with van der Waals surface area (Å²) in [5.41, 5.74) is 10.2. The van der Waals surface area contributed by atoms with Crippen LogP contribution in [0.5, 0.6) is 0 Å². The molecule has 0 aliphatic carbocycles. The zero-order valence-corrected chi connectivity index (χ0v) is 9.12. The minimum absolute atomic E-state index is 0.270. The van der Waals surface area contributed by atoms with Gasteiger partial charge in [0.15, 0.2) is 0 Å². The summed E-state index contributed by atoms with van der Waals surface area (Å²) in [5, 5.41) is 11.7. The number of hydrogen-bond donors (Lipinski definition) is 3. The molecule has 16 heavy (non-hydrogen) atoms. The normalized spacial score (nSPS) is 12.9. The number of nitrogens with zero attached hydrogens (tertiary/aromatic N) is 5. The SMILES string of the molecule is Cn1nncc1C(NN)c1cnn(C)c1N. The first-order valence-corrected chi connectivity index (χ1v) is 4.73. The van der Waals surface area contributed by atoms with Gasteiger partial charge in [-0.25, -0.2) is 5.43 Å². The van der Waals surface area contributed by atoms with E-state index in [2.05, 4.69) is 20.8 Å². The molecule has 2 aromatic rings. The van der Waals surface area contributed by atoms with E-state index in [0.717, 1.165) is 11.3 Å².